The predicted octanol–water partition coefficient (Wildman–Crippen LogP) is 2.67. The third-order valence-electron chi connectivity index (χ3n) is 3.69. The first-order valence-electron chi connectivity index (χ1n) is 6.86. The number of nitrogens with zero attached hydrogens (tertiary/aromatic N) is 1. The largest absolute Gasteiger partial charge is 0.342 e. The van der Waals surface area contributed by atoms with Crippen molar-refractivity contribution in [2.75, 3.05) is 4.90 Å². The minimum Gasteiger partial charge on any atom is -0.342 e. The van der Waals surface area contributed by atoms with Crippen LogP contribution in [0.4, 0.5) is 5.69 Å². The number of amides is 2. The normalized spacial score (nSPS) is 22.9. The molecule has 0 radical (unpaired) electrons. The van der Waals surface area contributed by atoms with Crippen molar-refractivity contribution in [3.8, 4) is 0 Å². The maximum atomic E-state index is 12.6. The minimum atomic E-state index is -0.521. The van der Waals surface area contributed by atoms with Crippen LogP contribution in [0.2, 0.25) is 5.02 Å². The van der Waals surface area contributed by atoms with E-state index in [0.29, 0.717) is 17.1 Å². The quantitative estimate of drug-likeness (QED) is 0.932. The van der Waals surface area contributed by atoms with Crippen molar-refractivity contribution in [2.24, 2.45) is 0 Å². The molecule has 0 saturated carbocycles. The van der Waals surface area contributed by atoms with Crippen molar-refractivity contribution in [2.45, 2.75) is 45.7 Å². The van der Waals surface area contributed by atoms with E-state index >= 15 is 0 Å². The molecule has 2 atom stereocenters. The molecule has 1 aliphatic heterocycles. The number of rotatable bonds is 3. The molecule has 5 heteroatoms. The van der Waals surface area contributed by atoms with Gasteiger partial charge < -0.3 is 5.32 Å². The van der Waals surface area contributed by atoms with Gasteiger partial charge in [-0.1, -0.05) is 31.0 Å². The topological polar surface area (TPSA) is 49.4 Å². The number of nitrogens with one attached hydrogen (secondary N) is 1. The summed E-state index contributed by atoms with van der Waals surface area (Å²) in [7, 11) is 0. The van der Waals surface area contributed by atoms with E-state index in [1.807, 2.05) is 19.9 Å². The highest BCUT2D eigenvalue weighted by Crippen LogP contribution is 2.30. The number of hydrogen-bond acceptors (Lipinski definition) is 2. The zero-order valence-electron chi connectivity index (χ0n) is 11.9. The number of halogens is 1. The second kappa shape index (κ2) is 5.83. The van der Waals surface area contributed by atoms with E-state index in [9.17, 15) is 9.59 Å². The van der Waals surface area contributed by atoms with Gasteiger partial charge in [0.2, 0.25) is 11.8 Å². The summed E-state index contributed by atoms with van der Waals surface area (Å²) < 4.78 is 0. The Morgan fingerprint density at radius 3 is 2.70 bits per heavy atom. The Morgan fingerprint density at radius 2 is 2.05 bits per heavy atom. The Balaban J connectivity index is 2.43. The average Bonchev–Trinajstić information content (AvgIpc) is 2.41. The van der Waals surface area contributed by atoms with Gasteiger partial charge in [-0.2, -0.15) is 0 Å². The molecule has 1 heterocycles. The van der Waals surface area contributed by atoms with Crippen LogP contribution in [0.15, 0.2) is 18.2 Å². The molecule has 1 aromatic rings. The van der Waals surface area contributed by atoms with E-state index in [0.717, 1.165) is 12.0 Å². The second-order valence-electron chi connectivity index (χ2n) is 5.12. The lowest BCUT2D eigenvalue weighted by atomic mass is 10.0. The third-order valence-corrected chi connectivity index (χ3v) is 4.10. The number of carbonyl (C=O) groups is 2. The molecule has 20 heavy (non-hydrogen) atoms. The lowest BCUT2D eigenvalue weighted by Crippen LogP contribution is -2.62. The van der Waals surface area contributed by atoms with Crippen molar-refractivity contribution < 1.29 is 9.59 Å². The van der Waals surface area contributed by atoms with Crippen molar-refractivity contribution >= 4 is 29.1 Å². The summed E-state index contributed by atoms with van der Waals surface area (Å²) in [6.07, 6.45) is 1.49. The van der Waals surface area contributed by atoms with Gasteiger partial charge in [0.15, 0.2) is 0 Å². The lowest BCUT2D eigenvalue weighted by Gasteiger charge is -2.38. The van der Waals surface area contributed by atoms with Crippen LogP contribution in [0.3, 0.4) is 0 Å². The molecule has 2 amide bonds. The van der Waals surface area contributed by atoms with Crippen molar-refractivity contribution in [1.82, 2.24) is 5.32 Å². The fourth-order valence-electron chi connectivity index (χ4n) is 2.50. The smallest absolute Gasteiger partial charge is 0.250 e. The van der Waals surface area contributed by atoms with Gasteiger partial charge in [0, 0.05) is 10.7 Å². The van der Waals surface area contributed by atoms with Crippen LogP contribution in [-0.4, -0.2) is 23.9 Å². The lowest BCUT2D eigenvalue weighted by molar-refractivity contribution is -0.133. The van der Waals surface area contributed by atoms with Crippen LogP contribution < -0.4 is 10.2 Å². The molecular formula is C15H19ClN2O2. The van der Waals surface area contributed by atoms with E-state index in [4.69, 9.17) is 11.6 Å². The molecule has 4 nitrogen and oxygen atoms in total. The number of hydrogen-bond donors (Lipinski definition) is 1. The molecule has 2 rings (SSSR count). The van der Waals surface area contributed by atoms with Crippen molar-refractivity contribution in [3.63, 3.8) is 0 Å². The molecule has 0 aromatic heterocycles. The van der Waals surface area contributed by atoms with E-state index in [1.54, 1.807) is 24.0 Å². The standard InChI is InChI=1S/C15H19ClN2O2/c1-4-6-12-15(20)18(10(3)14(19)17-12)13-8-5-7-11(16)9(13)2/h5,7-8,10,12H,4,6H2,1-3H3,(H,17,19). The molecule has 0 spiro atoms. The van der Waals surface area contributed by atoms with Gasteiger partial charge in [-0.25, -0.2) is 0 Å². The fraction of sp³-hybridized carbons (Fsp3) is 0.467. The summed E-state index contributed by atoms with van der Waals surface area (Å²) in [6, 6.07) is 4.45. The molecule has 1 aromatic carbocycles. The highest BCUT2D eigenvalue weighted by atomic mass is 35.5. The molecule has 1 N–H and O–H groups in total. The monoisotopic (exact) mass is 294 g/mol. The highest BCUT2D eigenvalue weighted by Gasteiger charge is 2.39. The van der Waals surface area contributed by atoms with E-state index in [2.05, 4.69) is 5.32 Å². The Labute approximate surface area is 124 Å². The zero-order chi connectivity index (χ0) is 14.9. The summed E-state index contributed by atoms with van der Waals surface area (Å²) in [5, 5.41) is 3.39. The van der Waals surface area contributed by atoms with Gasteiger partial charge in [0.05, 0.1) is 0 Å². The SMILES string of the molecule is CCCC1NC(=O)C(C)N(c2cccc(Cl)c2C)C1=O. The summed E-state index contributed by atoms with van der Waals surface area (Å²) in [5.41, 5.74) is 1.53. The molecular weight excluding hydrogens is 276 g/mol. The molecule has 2 unspecified atom stereocenters. The molecule has 0 aliphatic carbocycles. The first kappa shape index (κ1) is 14.9. The van der Waals surface area contributed by atoms with Crippen LogP contribution in [-0.2, 0) is 9.59 Å². The molecule has 1 aliphatic rings. The van der Waals surface area contributed by atoms with E-state index < -0.39 is 12.1 Å². The summed E-state index contributed by atoms with van der Waals surface area (Å²) >= 11 is 6.12. The molecule has 108 valence electrons. The van der Waals surface area contributed by atoms with Crippen LogP contribution in [0.25, 0.3) is 0 Å². The van der Waals surface area contributed by atoms with Crippen LogP contribution in [0.5, 0.6) is 0 Å². The Hall–Kier alpha value is -1.55. The zero-order valence-corrected chi connectivity index (χ0v) is 12.7. The Kier molecular flexibility index (Phi) is 4.33. The molecule has 1 saturated heterocycles. The number of piperazine rings is 1. The van der Waals surface area contributed by atoms with Crippen molar-refractivity contribution in [1.29, 1.82) is 0 Å². The molecule has 1 fully saturated rings. The number of benzene rings is 1. The fourth-order valence-corrected chi connectivity index (χ4v) is 2.67. The van der Waals surface area contributed by atoms with E-state index in [-0.39, 0.29) is 11.8 Å². The van der Waals surface area contributed by atoms with Gasteiger partial charge >= 0.3 is 0 Å². The Morgan fingerprint density at radius 1 is 1.35 bits per heavy atom. The number of carbonyl (C=O) groups excluding carboxylic acids is 2. The van der Waals surface area contributed by atoms with Crippen LogP contribution in [0, 0.1) is 6.92 Å². The van der Waals surface area contributed by atoms with Crippen LogP contribution >= 0.6 is 11.6 Å². The van der Waals surface area contributed by atoms with Gasteiger partial charge in [-0.15, -0.1) is 0 Å². The van der Waals surface area contributed by atoms with Gasteiger partial charge in [0.1, 0.15) is 12.1 Å². The Bertz CT molecular complexity index is 545. The minimum absolute atomic E-state index is 0.0654. The first-order chi connectivity index (χ1) is 9.47. The van der Waals surface area contributed by atoms with Gasteiger partial charge in [-0.3, -0.25) is 14.5 Å². The average molecular weight is 295 g/mol. The predicted molar refractivity (Wildman–Crippen MR) is 80.0 cm³/mol. The highest BCUT2D eigenvalue weighted by molar-refractivity contribution is 6.31. The first-order valence-corrected chi connectivity index (χ1v) is 7.23. The second-order valence-corrected chi connectivity index (χ2v) is 5.53. The molecule has 0 bridgehead atoms. The van der Waals surface area contributed by atoms with Gasteiger partial charge in [0.25, 0.3) is 0 Å². The summed E-state index contributed by atoms with van der Waals surface area (Å²) in [4.78, 5) is 26.2. The van der Waals surface area contributed by atoms with Crippen molar-refractivity contribution in [3.05, 3.63) is 28.8 Å². The third kappa shape index (κ3) is 2.52. The summed E-state index contributed by atoms with van der Waals surface area (Å²) in [6.45, 7) is 5.58. The van der Waals surface area contributed by atoms with E-state index in [1.165, 1.54) is 0 Å². The summed E-state index contributed by atoms with van der Waals surface area (Å²) in [5.74, 6) is -0.188. The number of anilines is 1. The van der Waals surface area contributed by atoms with Crippen LogP contribution in [0.1, 0.15) is 32.3 Å². The maximum absolute atomic E-state index is 12.6. The maximum Gasteiger partial charge on any atom is 0.250 e. The van der Waals surface area contributed by atoms with Gasteiger partial charge in [-0.05, 0) is 38.0 Å².